The fourth-order valence-electron chi connectivity index (χ4n) is 1.48. The van der Waals surface area contributed by atoms with E-state index in [2.05, 4.69) is 5.32 Å². The van der Waals surface area contributed by atoms with Crippen LogP contribution in [-0.4, -0.2) is 43.5 Å². The van der Waals surface area contributed by atoms with Crippen LogP contribution in [-0.2, 0) is 4.74 Å². The van der Waals surface area contributed by atoms with Gasteiger partial charge in [0.25, 0.3) is 0 Å². The van der Waals surface area contributed by atoms with Gasteiger partial charge in [-0.15, -0.1) is 11.6 Å². The largest absolute Gasteiger partial charge is 0.486 e. The van der Waals surface area contributed by atoms with E-state index in [-0.39, 0.29) is 12.0 Å². The molecule has 1 aromatic rings. The molecule has 1 aromatic carbocycles. The van der Waals surface area contributed by atoms with Gasteiger partial charge in [-0.1, -0.05) is 12.1 Å². The fraction of sp³-hybridized carbons (Fsp3) is 0.538. The van der Waals surface area contributed by atoms with Gasteiger partial charge in [0.1, 0.15) is 11.9 Å². The van der Waals surface area contributed by atoms with Crippen molar-refractivity contribution in [3.05, 3.63) is 24.3 Å². The first kappa shape index (κ1) is 15.1. The molecule has 1 rings (SSSR count). The number of aliphatic hydroxyl groups excluding tert-OH is 1. The lowest BCUT2D eigenvalue weighted by atomic mass is 10.2. The summed E-state index contributed by atoms with van der Waals surface area (Å²) in [6.45, 7) is 2.86. The van der Waals surface area contributed by atoms with Crippen molar-refractivity contribution in [2.24, 2.45) is 0 Å². The van der Waals surface area contributed by atoms with E-state index >= 15 is 0 Å². The van der Waals surface area contributed by atoms with Crippen molar-refractivity contribution in [3.8, 4) is 5.75 Å². The van der Waals surface area contributed by atoms with Crippen molar-refractivity contribution < 1.29 is 14.6 Å². The molecular weight excluding hydrogens is 254 g/mol. The summed E-state index contributed by atoms with van der Waals surface area (Å²) in [5, 5.41) is 12.5. The maximum absolute atomic E-state index is 9.42. The lowest BCUT2D eigenvalue weighted by Gasteiger charge is -2.18. The van der Waals surface area contributed by atoms with E-state index in [1.54, 1.807) is 7.11 Å². The number of methoxy groups -OCH3 is 1. The average Bonchev–Trinajstić information content (AvgIpc) is 2.37. The summed E-state index contributed by atoms with van der Waals surface area (Å²) in [4.78, 5) is 0. The minimum atomic E-state index is -0.573. The first-order valence-electron chi connectivity index (χ1n) is 5.90. The van der Waals surface area contributed by atoms with Crippen LogP contribution in [0.2, 0.25) is 0 Å². The molecule has 0 aliphatic rings. The molecule has 0 heterocycles. The van der Waals surface area contributed by atoms with Crippen molar-refractivity contribution in [2.45, 2.75) is 19.1 Å². The quantitative estimate of drug-likeness (QED) is 0.713. The Morgan fingerprint density at radius 2 is 2.11 bits per heavy atom. The molecule has 2 unspecified atom stereocenters. The number of nitrogens with one attached hydrogen (secondary N) is 1. The second kappa shape index (κ2) is 8.19. The van der Waals surface area contributed by atoms with Crippen LogP contribution in [0, 0.1) is 0 Å². The smallest absolute Gasteiger partial charge is 0.142 e. The molecule has 0 spiro atoms. The normalized spacial score (nSPS) is 14.0. The molecule has 0 amide bonds. The molecule has 0 saturated heterocycles. The monoisotopic (exact) mass is 273 g/mol. The van der Waals surface area contributed by atoms with Gasteiger partial charge >= 0.3 is 0 Å². The molecule has 0 aliphatic carbocycles. The maximum Gasteiger partial charge on any atom is 0.142 e. The van der Waals surface area contributed by atoms with Crippen LogP contribution < -0.4 is 10.1 Å². The number of halogens is 1. The molecule has 2 atom stereocenters. The highest BCUT2D eigenvalue weighted by Gasteiger charge is 2.09. The third-order valence-electron chi connectivity index (χ3n) is 2.32. The van der Waals surface area contributed by atoms with Crippen LogP contribution in [0.4, 0.5) is 5.69 Å². The summed E-state index contributed by atoms with van der Waals surface area (Å²) in [5.41, 5.74) is 0.838. The minimum Gasteiger partial charge on any atom is -0.486 e. The first-order chi connectivity index (χ1) is 8.67. The van der Waals surface area contributed by atoms with E-state index in [0.717, 1.165) is 11.4 Å². The van der Waals surface area contributed by atoms with Crippen LogP contribution in [0.1, 0.15) is 6.92 Å². The van der Waals surface area contributed by atoms with E-state index in [1.165, 1.54) is 0 Å². The standard InChI is InChI=1S/C13H20ClNO3/c1-10(9-17-2)18-13-6-4-3-5-12(13)15-8-11(16)7-14/h3-6,10-11,15-16H,7-9H2,1-2H3. The van der Waals surface area contributed by atoms with E-state index in [1.807, 2.05) is 31.2 Å². The van der Waals surface area contributed by atoms with E-state index in [4.69, 9.17) is 21.1 Å². The zero-order valence-corrected chi connectivity index (χ0v) is 11.5. The van der Waals surface area contributed by atoms with Crippen molar-refractivity contribution >= 4 is 17.3 Å². The second-order valence-electron chi connectivity index (χ2n) is 4.07. The topological polar surface area (TPSA) is 50.7 Å². The van der Waals surface area contributed by atoms with E-state index in [9.17, 15) is 5.11 Å². The summed E-state index contributed by atoms with van der Waals surface area (Å²) >= 11 is 5.55. The van der Waals surface area contributed by atoms with Crippen LogP contribution in [0.25, 0.3) is 0 Å². The first-order valence-corrected chi connectivity index (χ1v) is 6.43. The summed E-state index contributed by atoms with van der Waals surface area (Å²) in [7, 11) is 1.64. The molecule has 0 bridgehead atoms. The lowest BCUT2D eigenvalue weighted by molar-refractivity contribution is 0.0925. The number of benzene rings is 1. The van der Waals surface area contributed by atoms with Crippen LogP contribution in [0.5, 0.6) is 5.75 Å². The number of anilines is 1. The highest BCUT2D eigenvalue weighted by Crippen LogP contribution is 2.24. The van der Waals surface area contributed by atoms with Gasteiger partial charge in [0.2, 0.25) is 0 Å². The molecule has 18 heavy (non-hydrogen) atoms. The summed E-state index contributed by atoms with van der Waals surface area (Å²) in [6, 6.07) is 7.58. The van der Waals surface area contributed by atoms with Crippen molar-refractivity contribution in [1.29, 1.82) is 0 Å². The molecule has 0 radical (unpaired) electrons. The van der Waals surface area contributed by atoms with Crippen LogP contribution >= 0.6 is 11.6 Å². The van der Waals surface area contributed by atoms with Gasteiger partial charge in [-0.3, -0.25) is 0 Å². The van der Waals surface area contributed by atoms with E-state index in [0.29, 0.717) is 13.2 Å². The number of alkyl halides is 1. The Morgan fingerprint density at radius 3 is 2.78 bits per heavy atom. The Labute approximate surface area is 113 Å². The Bertz CT molecular complexity index is 349. The molecular formula is C13H20ClNO3. The molecule has 0 aromatic heterocycles. The Hall–Kier alpha value is -0.970. The highest BCUT2D eigenvalue weighted by atomic mass is 35.5. The van der Waals surface area contributed by atoms with Crippen molar-refractivity contribution in [2.75, 3.05) is 31.5 Å². The van der Waals surface area contributed by atoms with Crippen molar-refractivity contribution in [3.63, 3.8) is 0 Å². The maximum atomic E-state index is 9.42. The molecule has 4 nitrogen and oxygen atoms in total. The van der Waals surface area contributed by atoms with Gasteiger partial charge in [-0.05, 0) is 19.1 Å². The van der Waals surface area contributed by atoms with Crippen LogP contribution in [0.15, 0.2) is 24.3 Å². The van der Waals surface area contributed by atoms with Crippen molar-refractivity contribution in [1.82, 2.24) is 0 Å². The number of para-hydroxylation sites is 2. The van der Waals surface area contributed by atoms with Gasteiger partial charge < -0.3 is 19.9 Å². The Balaban J connectivity index is 2.61. The summed E-state index contributed by atoms with van der Waals surface area (Å²) in [5.74, 6) is 0.944. The van der Waals surface area contributed by atoms with Gasteiger partial charge in [0, 0.05) is 13.7 Å². The molecule has 0 saturated carbocycles. The zero-order chi connectivity index (χ0) is 13.4. The number of rotatable bonds is 8. The number of hydrogen-bond donors (Lipinski definition) is 2. The zero-order valence-electron chi connectivity index (χ0n) is 10.7. The number of ether oxygens (including phenoxy) is 2. The highest BCUT2D eigenvalue weighted by molar-refractivity contribution is 6.18. The molecule has 102 valence electrons. The third kappa shape index (κ3) is 5.12. The van der Waals surface area contributed by atoms with Crippen LogP contribution in [0.3, 0.4) is 0 Å². The van der Waals surface area contributed by atoms with E-state index < -0.39 is 6.10 Å². The lowest BCUT2D eigenvalue weighted by Crippen LogP contribution is -2.22. The molecule has 0 aliphatic heterocycles. The summed E-state index contributed by atoms with van der Waals surface area (Å²) in [6.07, 6.45) is -0.605. The molecule has 5 heteroatoms. The van der Waals surface area contributed by atoms with Gasteiger partial charge in [0.05, 0.1) is 24.3 Å². The third-order valence-corrected chi connectivity index (χ3v) is 2.68. The fourth-order valence-corrected chi connectivity index (χ4v) is 1.59. The Kier molecular flexibility index (Phi) is 6.86. The van der Waals surface area contributed by atoms with Gasteiger partial charge in [-0.25, -0.2) is 0 Å². The predicted molar refractivity (Wildman–Crippen MR) is 73.6 cm³/mol. The summed E-state index contributed by atoms with van der Waals surface area (Å²) < 4.78 is 10.8. The van der Waals surface area contributed by atoms with Gasteiger partial charge in [0.15, 0.2) is 0 Å². The Morgan fingerprint density at radius 1 is 1.39 bits per heavy atom. The second-order valence-corrected chi connectivity index (χ2v) is 4.38. The average molecular weight is 274 g/mol. The number of hydrogen-bond acceptors (Lipinski definition) is 4. The predicted octanol–water partition coefficient (Wildman–Crippen LogP) is 2.11. The minimum absolute atomic E-state index is 0.0316. The molecule has 0 fully saturated rings. The number of aliphatic hydroxyl groups is 1. The molecule has 2 N–H and O–H groups in total. The SMILES string of the molecule is COCC(C)Oc1ccccc1NCC(O)CCl. The van der Waals surface area contributed by atoms with Gasteiger partial charge in [-0.2, -0.15) is 0 Å².